The quantitative estimate of drug-likeness (QED) is 0.386. The van der Waals surface area contributed by atoms with Crippen LogP contribution in [0.25, 0.3) is 0 Å². The van der Waals surface area contributed by atoms with Gasteiger partial charge in [-0.15, -0.1) is 24.0 Å². The van der Waals surface area contributed by atoms with Crippen molar-refractivity contribution in [1.82, 2.24) is 25.5 Å². The number of carbonyl (C=O) groups excluding carboxylic acids is 1. The second-order valence-electron chi connectivity index (χ2n) is 7.04. The van der Waals surface area contributed by atoms with E-state index >= 15 is 0 Å². The molecule has 0 atom stereocenters. The van der Waals surface area contributed by atoms with Gasteiger partial charge in [0.15, 0.2) is 5.96 Å². The molecule has 0 spiro atoms. The minimum atomic E-state index is -0.0678. The summed E-state index contributed by atoms with van der Waals surface area (Å²) in [6.07, 6.45) is 3.93. The summed E-state index contributed by atoms with van der Waals surface area (Å²) in [5.74, 6) is 1.60. The summed E-state index contributed by atoms with van der Waals surface area (Å²) in [7, 11) is 1.73. The molecule has 26 heavy (non-hydrogen) atoms. The third-order valence-electron chi connectivity index (χ3n) is 3.82. The van der Waals surface area contributed by atoms with Gasteiger partial charge in [0.05, 0.1) is 0 Å². The average Bonchev–Trinajstić information content (AvgIpc) is 2.60. The van der Waals surface area contributed by atoms with Gasteiger partial charge in [-0.1, -0.05) is 0 Å². The van der Waals surface area contributed by atoms with Crippen LogP contribution in [0, 0.1) is 0 Å². The number of rotatable bonds is 4. The van der Waals surface area contributed by atoms with Crippen molar-refractivity contribution in [3.63, 3.8) is 0 Å². The smallest absolute Gasteiger partial charge is 0.225 e. The molecule has 2 rings (SSSR count). The predicted octanol–water partition coefficient (Wildman–Crippen LogP) is 1.10. The van der Waals surface area contributed by atoms with Gasteiger partial charge in [0.25, 0.3) is 0 Å². The Morgan fingerprint density at radius 2 is 1.81 bits per heavy atom. The molecule has 2 N–H and O–H groups in total. The molecule has 8 nitrogen and oxygen atoms in total. The highest BCUT2D eigenvalue weighted by atomic mass is 127. The van der Waals surface area contributed by atoms with Crippen LogP contribution in [0.4, 0.5) is 5.95 Å². The number of anilines is 1. The standard InChI is InChI=1S/C17H29N7O.HI/c1-17(2,3)22-15(18-4)19-9-6-14(25)23-10-12-24(13-11-23)16-20-7-5-8-21-16;/h5,7-8H,6,9-13H2,1-4H3,(H2,18,19,22);1H. The van der Waals surface area contributed by atoms with Crippen LogP contribution in [0.15, 0.2) is 23.5 Å². The van der Waals surface area contributed by atoms with Crippen molar-refractivity contribution in [2.24, 2.45) is 4.99 Å². The van der Waals surface area contributed by atoms with Crippen LogP contribution in [0.3, 0.4) is 0 Å². The van der Waals surface area contributed by atoms with E-state index in [0.717, 1.165) is 19.0 Å². The van der Waals surface area contributed by atoms with Crippen LogP contribution in [0.2, 0.25) is 0 Å². The zero-order valence-electron chi connectivity index (χ0n) is 16.0. The lowest BCUT2D eigenvalue weighted by Crippen LogP contribution is -2.50. The van der Waals surface area contributed by atoms with Crippen LogP contribution in [0.1, 0.15) is 27.2 Å². The Kier molecular flexibility index (Phi) is 9.03. The van der Waals surface area contributed by atoms with Crippen molar-refractivity contribution in [2.45, 2.75) is 32.7 Å². The molecule has 1 aliphatic rings. The van der Waals surface area contributed by atoms with Crippen LogP contribution < -0.4 is 15.5 Å². The normalized spacial score (nSPS) is 15.3. The second kappa shape index (κ2) is 10.5. The highest BCUT2D eigenvalue weighted by Crippen LogP contribution is 2.10. The number of aromatic nitrogens is 2. The number of carbonyl (C=O) groups is 1. The number of nitrogens with zero attached hydrogens (tertiary/aromatic N) is 5. The topological polar surface area (TPSA) is 85.8 Å². The molecule has 9 heteroatoms. The Balaban J connectivity index is 0.00000338. The first kappa shape index (κ1) is 22.4. The molecule has 0 bridgehead atoms. The summed E-state index contributed by atoms with van der Waals surface area (Å²) in [6, 6.07) is 1.80. The van der Waals surface area contributed by atoms with E-state index in [2.05, 4.69) is 51.3 Å². The second-order valence-corrected chi connectivity index (χ2v) is 7.04. The molecule has 0 aliphatic carbocycles. The zero-order chi connectivity index (χ0) is 18.3. The first-order valence-electron chi connectivity index (χ1n) is 8.67. The highest BCUT2D eigenvalue weighted by molar-refractivity contribution is 14.0. The number of guanidine groups is 1. The van der Waals surface area contributed by atoms with Gasteiger partial charge in [-0.05, 0) is 26.8 Å². The maximum Gasteiger partial charge on any atom is 0.225 e. The number of hydrogen-bond acceptors (Lipinski definition) is 5. The van der Waals surface area contributed by atoms with Gasteiger partial charge in [0, 0.05) is 64.1 Å². The van der Waals surface area contributed by atoms with Crippen molar-refractivity contribution in [1.29, 1.82) is 0 Å². The SMILES string of the molecule is CN=C(NCCC(=O)N1CCN(c2ncccn2)CC1)NC(C)(C)C.I. The molecule has 0 aromatic carbocycles. The molecular formula is C17H30IN7O. The molecule has 146 valence electrons. The predicted molar refractivity (Wildman–Crippen MR) is 115 cm³/mol. The van der Waals surface area contributed by atoms with Crippen molar-refractivity contribution >= 4 is 41.8 Å². The van der Waals surface area contributed by atoms with Crippen molar-refractivity contribution in [3.8, 4) is 0 Å². The third-order valence-corrected chi connectivity index (χ3v) is 3.82. The number of halogens is 1. The molecule has 1 fully saturated rings. The number of nitrogens with one attached hydrogen (secondary N) is 2. The van der Waals surface area contributed by atoms with Gasteiger partial charge >= 0.3 is 0 Å². The minimum Gasteiger partial charge on any atom is -0.356 e. The average molecular weight is 475 g/mol. The Hall–Kier alpha value is -1.65. The van der Waals surface area contributed by atoms with E-state index < -0.39 is 0 Å². The molecule has 0 radical (unpaired) electrons. The minimum absolute atomic E-state index is 0. The monoisotopic (exact) mass is 475 g/mol. The van der Waals surface area contributed by atoms with E-state index in [1.54, 1.807) is 25.5 Å². The zero-order valence-corrected chi connectivity index (χ0v) is 18.4. The van der Waals surface area contributed by atoms with Crippen molar-refractivity contribution in [3.05, 3.63) is 18.5 Å². The van der Waals surface area contributed by atoms with Gasteiger partial charge in [-0.3, -0.25) is 9.79 Å². The molecule has 1 saturated heterocycles. The fourth-order valence-electron chi connectivity index (χ4n) is 2.59. The van der Waals surface area contributed by atoms with E-state index in [1.807, 2.05) is 4.90 Å². The van der Waals surface area contributed by atoms with Gasteiger partial charge in [0.2, 0.25) is 11.9 Å². The summed E-state index contributed by atoms with van der Waals surface area (Å²) < 4.78 is 0. The van der Waals surface area contributed by atoms with Gasteiger partial charge in [-0.25, -0.2) is 9.97 Å². The molecule has 1 amide bonds. The van der Waals surface area contributed by atoms with Crippen LogP contribution in [-0.4, -0.2) is 72.0 Å². The maximum absolute atomic E-state index is 12.4. The summed E-state index contributed by atoms with van der Waals surface area (Å²) in [6.45, 7) is 9.70. The highest BCUT2D eigenvalue weighted by Gasteiger charge is 2.22. The van der Waals surface area contributed by atoms with Gasteiger partial charge in [-0.2, -0.15) is 0 Å². The fraction of sp³-hybridized carbons (Fsp3) is 0.647. The summed E-state index contributed by atoms with van der Waals surface area (Å²) >= 11 is 0. The Morgan fingerprint density at radius 3 is 2.35 bits per heavy atom. The largest absolute Gasteiger partial charge is 0.356 e. The molecular weight excluding hydrogens is 445 g/mol. The summed E-state index contributed by atoms with van der Waals surface area (Å²) in [5.41, 5.74) is -0.0678. The first-order chi connectivity index (χ1) is 11.9. The van der Waals surface area contributed by atoms with E-state index in [-0.39, 0.29) is 35.4 Å². The summed E-state index contributed by atoms with van der Waals surface area (Å²) in [4.78, 5) is 29.1. The first-order valence-corrected chi connectivity index (χ1v) is 8.67. The number of hydrogen-bond donors (Lipinski definition) is 2. The van der Waals surface area contributed by atoms with E-state index in [1.165, 1.54) is 0 Å². The molecule has 2 heterocycles. The lowest BCUT2D eigenvalue weighted by atomic mass is 10.1. The number of aliphatic imine (C=N–C) groups is 1. The van der Waals surface area contributed by atoms with E-state index in [9.17, 15) is 4.79 Å². The molecule has 1 aromatic heterocycles. The summed E-state index contributed by atoms with van der Waals surface area (Å²) in [5, 5.41) is 6.47. The Bertz CT molecular complexity index is 581. The number of amides is 1. The van der Waals surface area contributed by atoms with Crippen molar-refractivity contribution in [2.75, 3.05) is 44.7 Å². The maximum atomic E-state index is 12.4. The molecule has 1 aromatic rings. The van der Waals surface area contributed by atoms with Gasteiger partial charge < -0.3 is 20.4 Å². The molecule has 0 saturated carbocycles. The number of piperazine rings is 1. The molecule has 0 unspecified atom stereocenters. The third kappa shape index (κ3) is 7.30. The van der Waals surface area contributed by atoms with Crippen molar-refractivity contribution < 1.29 is 4.79 Å². The van der Waals surface area contributed by atoms with E-state index in [0.29, 0.717) is 32.0 Å². The Morgan fingerprint density at radius 1 is 1.19 bits per heavy atom. The van der Waals surface area contributed by atoms with Crippen LogP contribution in [0.5, 0.6) is 0 Å². The van der Waals surface area contributed by atoms with Gasteiger partial charge in [0.1, 0.15) is 0 Å². The van der Waals surface area contributed by atoms with Crippen LogP contribution in [-0.2, 0) is 4.79 Å². The molecule has 1 aliphatic heterocycles. The van der Waals surface area contributed by atoms with E-state index in [4.69, 9.17) is 0 Å². The van der Waals surface area contributed by atoms with Crippen LogP contribution >= 0.6 is 24.0 Å². The fourth-order valence-corrected chi connectivity index (χ4v) is 2.59. The lowest BCUT2D eigenvalue weighted by molar-refractivity contribution is -0.131. The lowest BCUT2D eigenvalue weighted by Gasteiger charge is -2.34. The Labute approximate surface area is 172 Å².